The van der Waals surface area contributed by atoms with Crippen molar-refractivity contribution in [2.45, 2.75) is 0 Å². The van der Waals surface area contributed by atoms with E-state index in [1.165, 1.54) is 17.6 Å². The van der Waals surface area contributed by atoms with Gasteiger partial charge >= 0.3 is 0 Å². The lowest BCUT2D eigenvalue weighted by atomic mass is 10.1. The van der Waals surface area contributed by atoms with Gasteiger partial charge in [-0.2, -0.15) is 0 Å². The van der Waals surface area contributed by atoms with Gasteiger partial charge in [-0.05, 0) is 29.1 Å². The van der Waals surface area contributed by atoms with Crippen molar-refractivity contribution >= 4 is 46.1 Å². The van der Waals surface area contributed by atoms with Gasteiger partial charge in [-0.1, -0.05) is 47.7 Å². The summed E-state index contributed by atoms with van der Waals surface area (Å²) < 4.78 is 5.13. The molecule has 0 spiro atoms. The minimum Gasteiger partial charge on any atom is -0.459 e. The summed E-state index contributed by atoms with van der Waals surface area (Å²) in [5.74, 6) is -0.0322. The zero-order chi connectivity index (χ0) is 16.4. The third-order valence-corrected chi connectivity index (χ3v) is 5.28. The van der Waals surface area contributed by atoms with E-state index in [-0.39, 0.29) is 24.1 Å². The molecule has 126 valence electrons. The first-order valence-electron chi connectivity index (χ1n) is 7.26. The van der Waals surface area contributed by atoms with Crippen LogP contribution in [-0.4, -0.2) is 10.9 Å². The Morgan fingerprint density at radius 1 is 1.04 bits per heavy atom. The highest BCUT2D eigenvalue weighted by atomic mass is 35.5. The second-order valence-electron chi connectivity index (χ2n) is 4.97. The fraction of sp³-hybridized carbons (Fsp3) is 0. The summed E-state index contributed by atoms with van der Waals surface area (Å²) in [7, 11) is 0. The van der Waals surface area contributed by atoms with Crippen LogP contribution in [0, 0.1) is 0 Å². The molecular formula is C18H13ClN2O2S2. The number of hydrogen-bond acceptors (Lipinski definition) is 5. The zero-order valence-electron chi connectivity index (χ0n) is 12.8. The third-order valence-electron chi connectivity index (χ3n) is 3.38. The number of benzene rings is 1. The maximum Gasteiger partial charge on any atom is 0.293 e. The van der Waals surface area contributed by atoms with Crippen molar-refractivity contribution in [1.29, 1.82) is 0 Å². The molecule has 4 aromatic rings. The highest BCUT2D eigenvalue weighted by molar-refractivity contribution is 7.20. The first-order chi connectivity index (χ1) is 11.8. The van der Waals surface area contributed by atoms with Gasteiger partial charge in [0.1, 0.15) is 5.69 Å². The van der Waals surface area contributed by atoms with Crippen molar-refractivity contribution in [2.75, 3.05) is 5.32 Å². The molecule has 0 bridgehead atoms. The van der Waals surface area contributed by atoms with Gasteiger partial charge in [0.2, 0.25) is 0 Å². The maximum atomic E-state index is 12.2. The molecule has 4 rings (SSSR count). The number of halogens is 1. The van der Waals surface area contributed by atoms with Crippen LogP contribution in [0.25, 0.3) is 21.0 Å². The molecule has 0 unspecified atom stereocenters. The van der Waals surface area contributed by atoms with Gasteiger partial charge in [0.05, 0.1) is 16.0 Å². The Labute approximate surface area is 158 Å². The lowest BCUT2D eigenvalue weighted by Crippen LogP contribution is -2.10. The fourth-order valence-electron chi connectivity index (χ4n) is 2.31. The minimum atomic E-state index is -0.300. The Kier molecular flexibility index (Phi) is 5.33. The number of amides is 1. The van der Waals surface area contributed by atoms with Crippen molar-refractivity contribution in [2.24, 2.45) is 0 Å². The Morgan fingerprint density at radius 3 is 2.56 bits per heavy atom. The van der Waals surface area contributed by atoms with E-state index < -0.39 is 0 Å². The van der Waals surface area contributed by atoms with E-state index in [1.807, 2.05) is 47.8 Å². The maximum absolute atomic E-state index is 12.2. The topological polar surface area (TPSA) is 55.1 Å². The molecule has 0 aliphatic heterocycles. The second-order valence-corrected chi connectivity index (χ2v) is 6.92. The SMILES string of the molecule is Cl.O=C(Nc1nc(-c2cccs2)c(-c2ccccc2)s1)c1ccco1. The summed E-state index contributed by atoms with van der Waals surface area (Å²) in [5, 5.41) is 5.39. The van der Waals surface area contributed by atoms with Crippen LogP contribution in [0.15, 0.2) is 70.7 Å². The summed E-state index contributed by atoms with van der Waals surface area (Å²) in [5.41, 5.74) is 1.97. The van der Waals surface area contributed by atoms with E-state index >= 15 is 0 Å². The molecule has 0 saturated carbocycles. The van der Waals surface area contributed by atoms with Crippen molar-refractivity contribution in [3.63, 3.8) is 0 Å². The van der Waals surface area contributed by atoms with E-state index in [1.54, 1.807) is 23.5 Å². The van der Waals surface area contributed by atoms with Crippen LogP contribution in [0.5, 0.6) is 0 Å². The predicted octanol–water partition coefficient (Wildman–Crippen LogP) is 5.81. The Balaban J connectivity index is 0.00000182. The number of anilines is 1. The van der Waals surface area contributed by atoms with Crippen LogP contribution in [0.1, 0.15) is 10.6 Å². The number of rotatable bonds is 4. The third kappa shape index (κ3) is 3.66. The first-order valence-corrected chi connectivity index (χ1v) is 8.96. The van der Waals surface area contributed by atoms with Crippen LogP contribution in [0.3, 0.4) is 0 Å². The van der Waals surface area contributed by atoms with E-state index in [2.05, 4.69) is 10.3 Å². The molecule has 1 amide bonds. The smallest absolute Gasteiger partial charge is 0.293 e. The van der Waals surface area contributed by atoms with Gasteiger partial charge in [0.15, 0.2) is 10.9 Å². The Morgan fingerprint density at radius 2 is 1.88 bits per heavy atom. The molecule has 7 heteroatoms. The van der Waals surface area contributed by atoms with Gasteiger partial charge in [0, 0.05) is 0 Å². The molecule has 1 aromatic carbocycles. The highest BCUT2D eigenvalue weighted by Crippen LogP contribution is 2.40. The average Bonchev–Trinajstić information content (AvgIpc) is 3.36. The molecule has 0 saturated heterocycles. The number of carbonyl (C=O) groups excluding carboxylic acids is 1. The lowest BCUT2D eigenvalue weighted by molar-refractivity contribution is 0.0996. The number of nitrogens with zero attached hydrogens (tertiary/aromatic N) is 1. The van der Waals surface area contributed by atoms with E-state index in [4.69, 9.17) is 4.42 Å². The highest BCUT2D eigenvalue weighted by Gasteiger charge is 2.18. The summed E-state index contributed by atoms with van der Waals surface area (Å²) in [6.07, 6.45) is 1.48. The van der Waals surface area contributed by atoms with Crippen molar-refractivity contribution in [3.8, 4) is 21.0 Å². The van der Waals surface area contributed by atoms with E-state index in [9.17, 15) is 4.79 Å². The van der Waals surface area contributed by atoms with Crippen molar-refractivity contribution in [1.82, 2.24) is 4.98 Å². The normalized spacial score (nSPS) is 10.2. The van der Waals surface area contributed by atoms with Crippen LogP contribution in [0.4, 0.5) is 5.13 Å². The van der Waals surface area contributed by atoms with Gasteiger partial charge in [-0.15, -0.1) is 23.7 Å². The average molecular weight is 389 g/mol. The number of thiophene rings is 1. The van der Waals surface area contributed by atoms with Gasteiger partial charge in [-0.3, -0.25) is 10.1 Å². The van der Waals surface area contributed by atoms with Gasteiger partial charge < -0.3 is 4.42 Å². The molecule has 0 aliphatic carbocycles. The predicted molar refractivity (Wildman–Crippen MR) is 105 cm³/mol. The van der Waals surface area contributed by atoms with Gasteiger partial charge in [0.25, 0.3) is 5.91 Å². The zero-order valence-corrected chi connectivity index (χ0v) is 15.3. The molecule has 0 aliphatic rings. The van der Waals surface area contributed by atoms with E-state index in [0.29, 0.717) is 5.13 Å². The summed E-state index contributed by atoms with van der Waals surface area (Å²) in [6, 6.07) is 17.4. The minimum absolute atomic E-state index is 0. The lowest BCUT2D eigenvalue weighted by Gasteiger charge is -1.99. The monoisotopic (exact) mass is 388 g/mol. The molecule has 0 fully saturated rings. The number of thiazole rings is 1. The molecule has 3 heterocycles. The summed E-state index contributed by atoms with van der Waals surface area (Å²) in [4.78, 5) is 18.9. The van der Waals surface area contributed by atoms with Crippen LogP contribution in [0.2, 0.25) is 0 Å². The Bertz CT molecular complexity index is 949. The van der Waals surface area contributed by atoms with Crippen molar-refractivity contribution in [3.05, 3.63) is 72.0 Å². The Hall–Kier alpha value is -2.41. The van der Waals surface area contributed by atoms with E-state index in [0.717, 1.165) is 21.0 Å². The standard InChI is InChI=1S/C18H12N2O2S2.ClH/c21-17(13-8-4-10-22-13)20-18-19-15(14-9-5-11-23-14)16(24-18)12-6-2-1-3-7-12;/h1-11H,(H,19,20,21);1H. The molecular weight excluding hydrogens is 376 g/mol. The molecule has 3 aromatic heterocycles. The molecule has 1 N–H and O–H groups in total. The van der Waals surface area contributed by atoms with Crippen LogP contribution >= 0.6 is 35.1 Å². The first kappa shape index (κ1) is 17.4. The number of nitrogens with one attached hydrogen (secondary N) is 1. The molecule has 0 atom stereocenters. The van der Waals surface area contributed by atoms with Crippen molar-refractivity contribution < 1.29 is 9.21 Å². The van der Waals surface area contributed by atoms with Crippen LogP contribution in [-0.2, 0) is 0 Å². The summed E-state index contributed by atoms with van der Waals surface area (Å²) >= 11 is 3.09. The van der Waals surface area contributed by atoms with Gasteiger partial charge in [-0.25, -0.2) is 4.98 Å². The number of hydrogen-bond donors (Lipinski definition) is 1. The molecule has 25 heavy (non-hydrogen) atoms. The second kappa shape index (κ2) is 7.65. The van der Waals surface area contributed by atoms with Crippen LogP contribution < -0.4 is 5.32 Å². The molecule has 0 radical (unpaired) electrons. The quantitative estimate of drug-likeness (QED) is 0.480. The number of carbonyl (C=O) groups is 1. The number of furan rings is 1. The summed E-state index contributed by atoms with van der Waals surface area (Å²) in [6.45, 7) is 0. The molecule has 4 nitrogen and oxygen atoms in total. The number of aromatic nitrogens is 1. The largest absolute Gasteiger partial charge is 0.459 e. The fourth-order valence-corrected chi connectivity index (χ4v) is 4.07.